The molecule has 3 nitrogen and oxygen atoms in total. The normalized spacial score (nSPS) is 9.67. The fourth-order valence-electron chi connectivity index (χ4n) is 0.595. The zero-order chi connectivity index (χ0) is 9.07. The van der Waals surface area contributed by atoms with Crippen molar-refractivity contribution >= 4 is 0 Å². The van der Waals surface area contributed by atoms with Crippen LogP contribution in [-0.2, 0) is 14.2 Å². The van der Waals surface area contributed by atoms with Crippen LogP contribution in [0.15, 0.2) is 0 Å². The van der Waals surface area contributed by atoms with E-state index in [1.54, 1.807) is 7.11 Å². The van der Waals surface area contributed by atoms with E-state index >= 15 is 0 Å². The Kier molecular flexibility index (Phi) is 9.95. The van der Waals surface area contributed by atoms with Crippen molar-refractivity contribution in [1.29, 1.82) is 0 Å². The summed E-state index contributed by atoms with van der Waals surface area (Å²) in [6, 6.07) is 0. The van der Waals surface area contributed by atoms with E-state index in [-0.39, 0.29) is 0 Å². The molecule has 0 spiro atoms. The van der Waals surface area contributed by atoms with Crippen LogP contribution in [0.5, 0.6) is 0 Å². The van der Waals surface area contributed by atoms with Gasteiger partial charge >= 0.3 is 0 Å². The van der Waals surface area contributed by atoms with Gasteiger partial charge in [-0.1, -0.05) is 0 Å². The lowest BCUT2D eigenvalue weighted by atomic mass is 10.3. The van der Waals surface area contributed by atoms with Crippen molar-refractivity contribution in [1.82, 2.24) is 0 Å². The van der Waals surface area contributed by atoms with E-state index in [4.69, 9.17) is 20.6 Å². The third-order valence-corrected chi connectivity index (χ3v) is 1.21. The lowest BCUT2D eigenvalue weighted by Gasteiger charge is -2.03. The van der Waals surface area contributed by atoms with Gasteiger partial charge in [-0.2, -0.15) is 0 Å². The Bertz CT molecular complexity index is 117. The second-order valence-electron chi connectivity index (χ2n) is 2.23. The Balaban J connectivity index is 2.78. The maximum Gasteiger partial charge on any atom is 0.146 e. The van der Waals surface area contributed by atoms with Gasteiger partial charge in [-0.15, -0.1) is 12.3 Å². The second kappa shape index (κ2) is 10.4. The summed E-state index contributed by atoms with van der Waals surface area (Å²) in [6.07, 6.45) is 6.71. The molecule has 12 heavy (non-hydrogen) atoms. The first-order valence-corrected chi connectivity index (χ1v) is 3.99. The van der Waals surface area contributed by atoms with E-state index in [9.17, 15) is 0 Å². The summed E-state index contributed by atoms with van der Waals surface area (Å²) in [6.45, 7) is 2.17. The minimum atomic E-state index is 0.327. The molecule has 0 rings (SSSR count). The molecule has 0 aliphatic rings. The lowest BCUT2D eigenvalue weighted by Crippen LogP contribution is -2.06. The van der Waals surface area contributed by atoms with Crippen LogP contribution < -0.4 is 0 Å². The predicted octanol–water partition coefficient (Wildman–Crippen LogP) is 1.04. The Morgan fingerprint density at radius 2 is 1.92 bits per heavy atom. The van der Waals surface area contributed by atoms with Gasteiger partial charge in [0.25, 0.3) is 0 Å². The highest BCUT2D eigenvalue weighted by Crippen LogP contribution is 1.88. The maximum absolute atomic E-state index is 5.11. The summed E-state index contributed by atoms with van der Waals surface area (Å²) in [5, 5.41) is 0. The first-order chi connectivity index (χ1) is 5.91. The second-order valence-corrected chi connectivity index (χ2v) is 2.23. The van der Waals surface area contributed by atoms with Crippen LogP contribution in [0.2, 0.25) is 0 Å². The average Bonchev–Trinajstić information content (AvgIpc) is 2.10. The molecule has 0 radical (unpaired) electrons. The molecule has 0 aliphatic carbocycles. The van der Waals surface area contributed by atoms with Gasteiger partial charge in [0.1, 0.15) is 6.79 Å². The highest BCUT2D eigenvalue weighted by Gasteiger charge is 1.87. The quantitative estimate of drug-likeness (QED) is 0.311. The lowest BCUT2D eigenvalue weighted by molar-refractivity contribution is -0.0658. The molecular formula is C9H16O3. The molecule has 0 bridgehead atoms. The van der Waals surface area contributed by atoms with Gasteiger partial charge in [0, 0.05) is 13.5 Å². The molecule has 0 heterocycles. The third kappa shape index (κ3) is 9.44. The van der Waals surface area contributed by atoms with Gasteiger partial charge in [-0.3, -0.25) is 0 Å². The van der Waals surface area contributed by atoms with E-state index in [0.717, 1.165) is 12.8 Å². The molecule has 0 atom stereocenters. The van der Waals surface area contributed by atoms with Gasteiger partial charge in [-0.05, 0) is 6.42 Å². The minimum absolute atomic E-state index is 0.327. The third-order valence-electron chi connectivity index (χ3n) is 1.21. The van der Waals surface area contributed by atoms with Crippen molar-refractivity contribution < 1.29 is 14.2 Å². The molecule has 0 fully saturated rings. The number of unbranched alkanes of at least 4 members (excludes halogenated alkanes) is 1. The minimum Gasteiger partial charge on any atom is -0.382 e. The molecule has 0 aliphatic heterocycles. The molecule has 3 heteroatoms. The van der Waals surface area contributed by atoms with Crippen LogP contribution in [-0.4, -0.2) is 33.7 Å². The van der Waals surface area contributed by atoms with E-state index in [0.29, 0.717) is 26.6 Å². The number of rotatable bonds is 8. The summed E-state index contributed by atoms with van der Waals surface area (Å²) < 4.78 is 14.9. The Morgan fingerprint density at radius 1 is 1.17 bits per heavy atom. The summed E-state index contributed by atoms with van der Waals surface area (Å²) in [5.41, 5.74) is 0. The molecule has 0 saturated heterocycles. The standard InChI is InChI=1S/C9H16O3/c1-3-4-5-6-11-9-12-8-7-10-2/h1H,4-9H2,2H3. The Labute approximate surface area is 74.0 Å². The first-order valence-electron chi connectivity index (χ1n) is 3.99. The van der Waals surface area contributed by atoms with Gasteiger partial charge in [0.15, 0.2) is 0 Å². The molecule has 70 valence electrons. The highest BCUT2D eigenvalue weighted by molar-refractivity contribution is 4.82. The van der Waals surface area contributed by atoms with Gasteiger partial charge in [-0.25, -0.2) is 0 Å². The van der Waals surface area contributed by atoms with Crippen molar-refractivity contribution in [2.24, 2.45) is 0 Å². The monoisotopic (exact) mass is 172 g/mol. The fraction of sp³-hybridized carbons (Fsp3) is 0.778. The van der Waals surface area contributed by atoms with Crippen molar-refractivity contribution in [3.05, 3.63) is 0 Å². The Morgan fingerprint density at radius 3 is 2.58 bits per heavy atom. The number of ether oxygens (including phenoxy) is 3. The number of terminal acetylenes is 1. The predicted molar refractivity (Wildman–Crippen MR) is 46.7 cm³/mol. The summed E-state index contributed by atoms with van der Waals surface area (Å²) in [5.74, 6) is 2.54. The van der Waals surface area contributed by atoms with E-state index in [2.05, 4.69) is 5.92 Å². The van der Waals surface area contributed by atoms with Crippen LogP contribution >= 0.6 is 0 Å². The van der Waals surface area contributed by atoms with Crippen molar-refractivity contribution in [2.45, 2.75) is 12.8 Å². The maximum atomic E-state index is 5.11. The van der Waals surface area contributed by atoms with Crippen LogP contribution in [0.25, 0.3) is 0 Å². The van der Waals surface area contributed by atoms with Crippen LogP contribution in [0.3, 0.4) is 0 Å². The van der Waals surface area contributed by atoms with Gasteiger partial charge in [0.05, 0.1) is 19.8 Å². The van der Waals surface area contributed by atoms with Crippen molar-refractivity contribution in [2.75, 3.05) is 33.7 Å². The molecule has 0 unspecified atom stereocenters. The van der Waals surface area contributed by atoms with E-state index in [1.807, 2.05) is 0 Å². The molecule has 0 saturated carbocycles. The van der Waals surface area contributed by atoms with E-state index in [1.165, 1.54) is 0 Å². The molecular weight excluding hydrogens is 156 g/mol. The Hall–Kier alpha value is -0.560. The van der Waals surface area contributed by atoms with Crippen molar-refractivity contribution in [3.63, 3.8) is 0 Å². The van der Waals surface area contributed by atoms with Gasteiger partial charge < -0.3 is 14.2 Å². The molecule has 0 amide bonds. The number of hydrogen-bond acceptors (Lipinski definition) is 3. The van der Waals surface area contributed by atoms with Crippen LogP contribution in [0.4, 0.5) is 0 Å². The molecule has 0 aromatic rings. The first kappa shape index (κ1) is 11.4. The van der Waals surface area contributed by atoms with Crippen LogP contribution in [0, 0.1) is 12.3 Å². The zero-order valence-electron chi connectivity index (χ0n) is 7.54. The highest BCUT2D eigenvalue weighted by atomic mass is 16.7. The van der Waals surface area contributed by atoms with Crippen LogP contribution in [0.1, 0.15) is 12.8 Å². The zero-order valence-corrected chi connectivity index (χ0v) is 7.54. The smallest absolute Gasteiger partial charge is 0.146 e. The topological polar surface area (TPSA) is 27.7 Å². The summed E-state index contributed by atoms with van der Waals surface area (Å²) in [7, 11) is 1.64. The SMILES string of the molecule is C#CCCCOCOCCOC. The van der Waals surface area contributed by atoms with E-state index < -0.39 is 0 Å². The average molecular weight is 172 g/mol. The molecule has 0 aromatic carbocycles. The molecule has 0 N–H and O–H groups in total. The van der Waals surface area contributed by atoms with Crippen molar-refractivity contribution in [3.8, 4) is 12.3 Å². The fourth-order valence-corrected chi connectivity index (χ4v) is 0.595. The number of hydrogen-bond donors (Lipinski definition) is 0. The molecule has 0 aromatic heterocycles. The summed E-state index contributed by atoms with van der Waals surface area (Å²) in [4.78, 5) is 0. The largest absolute Gasteiger partial charge is 0.382 e. The number of methoxy groups -OCH3 is 1. The summed E-state index contributed by atoms with van der Waals surface area (Å²) >= 11 is 0. The van der Waals surface area contributed by atoms with Gasteiger partial charge in [0.2, 0.25) is 0 Å².